The molecule has 3 unspecified atom stereocenters. The number of carboxylic acids is 1. The van der Waals surface area contributed by atoms with Crippen LogP contribution in [0.1, 0.15) is 46.5 Å². The third-order valence-electron chi connectivity index (χ3n) is 4.36. The number of hydrogen-bond acceptors (Lipinski definition) is 3. The molecule has 0 aromatic rings. The standard InChI is InChI=1S/C13H23NO4/c1-5-13(3,18-4)10(15)14-9-7-6-8-12(9,2)11(16)17/h9H,5-8H2,1-4H3,(H,14,15)(H,16,17). The van der Waals surface area contributed by atoms with Crippen LogP contribution in [-0.2, 0) is 14.3 Å². The fourth-order valence-electron chi connectivity index (χ4n) is 2.36. The van der Waals surface area contributed by atoms with Crippen LogP contribution < -0.4 is 5.32 Å². The molecule has 5 nitrogen and oxygen atoms in total. The Morgan fingerprint density at radius 2 is 2.17 bits per heavy atom. The lowest BCUT2D eigenvalue weighted by Gasteiger charge is -2.32. The molecular weight excluding hydrogens is 234 g/mol. The van der Waals surface area contributed by atoms with E-state index in [1.165, 1.54) is 7.11 Å². The van der Waals surface area contributed by atoms with Crippen LogP contribution in [0.25, 0.3) is 0 Å². The summed E-state index contributed by atoms with van der Waals surface area (Å²) >= 11 is 0. The topological polar surface area (TPSA) is 75.6 Å². The Bertz CT molecular complexity index is 338. The zero-order valence-corrected chi connectivity index (χ0v) is 11.6. The van der Waals surface area contributed by atoms with Crippen molar-refractivity contribution in [2.45, 2.75) is 58.1 Å². The number of amides is 1. The van der Waals surface area contributed by atoms with E-state index in [0.717, 1.165) is 6.42 Å². The highest BCUT2D eigenvalue weighted by Crippen LogP contribution is 2.38. The Morgan fingerprint density at radius 3 is 2.61 bits per heavy atom. The number of hydrogen-bond donors (Lipinski definition) is 2. The highest BCUT2D eigenvalue weighted by atomic mass is 16.5. The third kappa shape index (κ3) is 2.51. The molecule has 18 heavy (non-hydrogen) atoms. The molecule has 1 rings (SSSR count). The second-order valence-corrected chi connectivity index (χ2v) is 5.43. The number of ether oxygens (including phenoxy) is 1. The van der Waals surface area contributed by atoms with Crippen molar-refractivity contribution in [2.75, 3.05) is 7.11 Å². The molecule has 0 heterocycles. The van der Waals surface area contributed by atoms with Crippen LogP contribution in [0, 0.1) is 5.41 Å². The highest BCUT2D eigenvalue weighted by molar-refractivity contribution is 5.86. The monoisotopic (exact) mass is 257 g/mol. The minimum Gasteiger partial charge on any atom is -0.481 e. The van der Waals surface area contributed by atoms with E-state index in [-0.39, 0.29) is 11.9 Å². The van der Waals surface area contributed by atoms with Gasteiger partial charge in [-0.1, -0.05) is 13.3 Å². The second kappa shape index (κ2) is 5.26. The first-order chi connectivity index (χ1) is 8.30. The lowest BCUT2D eigenvalue weighted by molar-refractivity contribution is -0.151. The number of carbonyl (C=O) groups is 2. The van der Waals surface area contributed by atoms with E-state index in [0.29, 0.717) is 19.3 Å². The predicted octanol–water partition coefficient (Wildman–Crippen LogP) is 1.56. The summed E-state index contributed by atoms with van der Waals surface area (Å²) in [5.41, 5.74) is -1.75. The largest absolute Gasteiger partial charge is 0.481 e. The summed E-state index contributed by atoms with van der Waals surface area (Å²) in [4.78, 5) is 23.5. The molecule has 0 saturated heterocycles. The van der Waals surface area contributed by atoms with E-state index in [2.05, 4.69) is 5.32 Å². The number of carboxylic acid groups (broad SMARTS) is 1. The number of nitrogens with one attached hydrogen (secondary N) is 1. The Balaban J connectivity index is 2.79. The van der Waals surface area contributed by atoms with Gasteiger partial charge < -0.3 is 15.2 Å². The van der Waals surface area contributed by atoms with Gasteiger partial charge in [0.15, 0.2) is 0 Å². The number of carbonyl (C=O) groups excluding carboxylic acids is 1. The van der Waals surface area contributed by atoms with E-state index in [9.17, 15) is 14.7 Å². The van der Waals surface area contributed by atoms with Crippen LogP contribution in [0.3, 0.4) is 0 Å². The molecule has 0 aromatic carbocycles. The van der Waals surface area contributed by atoms with Crippen molar-refractivity contribution in [2.24, 2.45) is 5.41 Å². The molecule has 0 radical (unpaired) electrons. The van der Waals surface area contributed by atoms with Crippen molar-refractivity contribution in [3.05, 3.63) is 0 Å². The Labute approximate surface area is 108 Å². The van der Waals surface area contributed by atoms with Gasteiger partial charge in [0, 0.05) is 13.2 Å². The lowest BCUT2D eigenvalue weighted by atomic mass is 9.84. The maximum absolute atomic E-state index is 12.2. The van der Waals surface area contributed by atoms with Crippen LogP contribution >= 0.6 is 0 Å². The zero-order valence-electron chi connectivity index (χ0n) is 11.6. The summed E-state index contributed by atoms with van der Waals surface area (Å²) in [6, 6.07) is -0.316. The van der Waals surface area contributed by atoms with Crippen LogP contribution in [-0.4, -0.2) is 35.7 Å². The van der Waals surface area contributed by atoms with Crippen molar-refractivity contribution >= 4 is 11.9 Å². The molecular formula is C13H23NO4. The molecule has 1 amide bonds. The van der Waals surface area contributed by atoms with Gasteiger partial charge in [-0.2, -0.15) is 0 Å². The Morgan fingerprint density at radius 1 is 1.56 bits per heavy atom. The first-order valence-electron chi connectivity index (χ1n) is 6.39. The fourth-order valence-corrected chi connectivity index (χ4v) is 2.36. The molecule has 5 heteroatoms. The molecule has 1 aliphatic carbocycles. The zero-order chi connectivity index (χ0) is 14.0. The number of aliphatic carboxylic acids is 1. The molecule has 3 atom stereocenters. The van der Waals surface area contributed by atoms with Crippen molar-refractivity contribution in [3.8, 4) is 0 Å². The summed E-state index contributed by atoms with van der Waals surface area (Å²) in [7, 11) is 1.49. The van der Waals surface area contributed by atoms with Crippen LogP contribution in [0.2, 0.25) is 0 Å². The Kier molecular flexibility index (Phi) is 4.37. The first-order valence-corrected chi connectivity index (χ1v) is 6.39. The molecule has 104 valence electrons. The van der Waals surface area contributed by atoms with Gasteiger partial charge in [-0.25, -0.2) is 0 Å². The van der Waals surface area contributed by atoms with E-state index >= 15 is 0 Å². The van der Waals surface area contributed by atoms with Gasteiger partial charge in [0.05, 0.1) is 5.41 Å². The smallest absolute Gasteiger partial charge is 0.311 e. The van der Waals surface area contributed by atoms with Crippen LogP contribution in [0.5, 0.6) is 0 Å². The minimum atomic E-state index is -0.887. The molecule has 2 N–H and O–H groups in total. The molecule has 0 aliphatic heterocycles. The molecule has 0 spiro atoms. The summed E-state index contributed by atoms with van der Waals surface area (Å²) in [5.74, 6) is -1.08. The summed E-state index contributed by atoms with van der Waals surface area (Å²) in [5, 5.41) is 12.1. The van der Waals surface area contributed by atoms with E-state index in [1.54, 1.807) is 13.8 Å². The SMILES string of the molecule is CCC(C)(OC)C(=O)NC1CCCC1(C)C(=O)O. The maximum atomic E-state index is 12.2. The summed E-state index contributed by atoms with van der Waals surface area (Å²) in [6.07, 6.45) is 2.68. The number of rotatable bonds is 5. The molecule has 1 saturated carbocycles. The van der Waals surface area contributed by atoms with Crippen molar-refractivity contribution in [3.63, 3.8) is 0 Å². The quantitative estimate of drug-likeness (QED) is 0.783. The number of methoxy groups -OCH3 is 1. The predicted molar refractivity (Wildman–Crippen MR) is 67.2 cm³/mol. The lowest BCUT2D eigenvalue weighted by Crippen LogP contribution is -2.54. The fraction of sp³-hybridized carbons (Fsp3) is 0.846. The van der Waals surface area contributed by atoms with Gasteiger partial charge in [-0.05, 0) is 33.1 Å². The minimum absolute atomic E-state index is 0.230. The molecule has 1 fully saturated rings. The maximum Gasteiger partial charge on any atom is 0.311 e. The average molecular weight is 257 g/mol. The first kappa shape index (κ1) is 15.0. The van der Waals surface area contributed by atoms with Gasteiger partial charge in [-0.3, -0.25) is 9.59 Å². The average Bonchev–Trinajstić information content (AvgIpc) is 2.71. The van der Waals surface area contributed by atoms with Gasteiger partial charge in [-0.15, -0.1) is 0 Å². The third-order valence-corrected chi connectivity index (χ3v) is 4.36. The van der Waals surface area contributed by atoms with E-state index < -0.39 is 17.0 Å². The highest BCUT2D eigenvalue weighted by Gasteiger charge is 2.47. The Hall–Kier alpha value is -1.10. The van der Waals surface area contributed by atoms with Crippen molar-refractivity contribution in [1.29, 1.82) is 0 Å². The van der Waals surface area contributed by atoms with Gasteiger partial charge in [0.25, 0.3) is 5.91 Å². The molecule has 0 bridgehead atoms. The van der Waals surface area contributed by atoms with E-state index in [1.807, 2.05) is 6.92 Å². The van der Waals surface area contributed by atoms with Crippen LogP contribution in [0.4, 0.5) is 0 Å². The van der Waals surface area contributed by atoms with E-state index in [4.69, 9.17) is 4.74 Å². The molecule has 0 aromatic heterocycles. The normalized spacial score (nSPS) is 30.8. The second-order valence-electron chi connectivity index (χ2n) is 5.43. The van der Waals surface area contributed by atoms with Gasteiger partial charge in [0.2, 0.25) is 0 Å². The summed E-state index contributed by atoms with van der Waals surface area (Å²) < 4.78 is 5.23. The van der Waals surface area contributed by atoms with Crippen molar-refractivity contribution in [1.82, 2.24) is 5.32 Å². The van der Waals surface area contributed by atoms with Crippen molar-refractivity contribution < 1.29 is 19.4 Å². The van der Waals surface area contributed by atoms with Gasteiger partial charge >= 0.3 is 5.97 Å². The van der Waals surface area contributed by atoms with Gasteiger partial charge in [0.1, 0.15) is 5.60 Å². The van der Waals surface area contributed by atoms with Crippen LogP contribution in [0.15, 0.2) is 0 Å². The molecule has 1 aliphatic rings. The summed E-state index contributed by atoms with van der Waals surface area (Å²) in [6.45, 7) is 5.28.